The van der Waals surface area contributed by atoms with Crippen molar-refractivity contribution in [3.8, 4) is 11.5 Å². The van der Waals surface area contributed by atoms with E-state index in [1.807, 2.05) is 0 Å². The molecule has 0 spiro atoms. The maximum atomic E-state index is 11.6. The van der Waals surface area contributed by atoms with E-state index in [4.69, 9.17) is 9.84 Å². The van der Waals surface area contributed by atoms with Gasteiger partial charge in [0.15, 0.2) is 6.10 Å². The second-order valence-corrected chi connectivity index (χ2v) is 4.18. The van der Waals surface area contributed by atoms with Crippen molar-refractivity contribution in [1.82, 2.24) is 4.90 Å². The third-order valence-corrected chi connectivity index (χ3v) is 2.79. The number of phenols is 1. The number of carbonyl (C=O) groups excluding carboxylic acids is 1. The van der Waals surface area contributed by atoms with Crippen molar-refractivity contribution in [2.45, 2.75) is 12.5 Å². The number of hydrogen-bond donors (Lipinski definition) is 2. The average molecular weight is 251 g/mol. The van der Waals surface area contributed by atoms with Crippen LogP contribution in [0.25, 0.3) is 0 Å². The minimum absolute atomic E-state index is 0.0798. The molecule has 6 nitrogen and oxygen atoms in total. The van der Waals surface area contributed by atoms with Crippen molar-refractivity contribution in [3.05, 3.63) is 23.8 Å². The molecule has 1 aliphatic heterocycles. The first-order valence-corrected chi connectivity index (χ1v) is 5.46. The summed E-state index contributed by atoms with van der Waals surface area (Å²) in [4.78, 5) is 24.0. The number of aromatic carboxylic acids is 1. The number of aromatic hydroxyl groups is 1. The highest BCUT2D eigenvalue weighted by Crippen LogP contribution is 2.25. The van der Waals surface area contributed by atoms with Gasteiger partial charge in [-0.15, -0.1) is 0 Å². The van der Waals surface area contributed by atoms with Crippen LogP contribution < -0.4 is 4.74 Å². The number of rotatable bonds is 3. The molecule has 1 saturated heterocycles. The topological polar surface area (TPSA) is 87.1 Å². The van der Waals surface area contributed by atoms with E-state index in [2.05, 4.69) is 0 Å². The minimum Gasteiger partial charge on any atom is -0.508 e. The monoisotopic (exact) mass is 251 g/mol. The summed E-state index contributed by atoms with van der Waals surface area (Å²) < 4.78 is 5.42. The van der Waals surface area contributed by atoms with Crippen LogP contribution in [-0.4, -0.2) is 46.7 Å². The van der Waals surface area contributed by atoms with Gasteiger partial charge in [-0.1, -0.05) is 0 Å². The number of carbonyl (C=O) groups is 2. The molecule has 0 bridgehead atoms. The highest BCUT2D eigenvalue weighted by molar-refractivity contribution is 5.88. The Hall–Kier alpha value is -2.24. The van der Waals surface area contributed by atoms with Gasteiger partial charge in [-0.05, 0) is 12.1 Å². The summed E-state index contributed by atoms with van der Waals surface area (Å²) in [7, 11) is 1.68. The maximum absolute atomic E-state index is 11.6. The van der Waals surface area contributed by atoms with Gasteiger partial charge < -0.3 is 19.8 Å². The first-order valence-electron chi connectivity index (χ1n) is 5.46. The van der Waals surface area contributed by atoms with Crippen molar-refractivity contribution in [1.29, 1.82) is 0 Å². The van der Waals surface area contributed by atoms with Crippen LogP contribution in [0.1, 0.15) is 16.8 Å². The van der Waals surface area contributed by atoms with Crippen molar-refractivity contribution < 1.29 is 24.5 Å². The number of carboxylic acids is 1. The Kier molecular flexibility index (Phi) is 3.10. The predicted molar refractivity (Wildman–Crippen MR) is 61.7 cm³/mol. The fourth-order valence-electron chi connectivity index (χ4n) is 1.84. The smallest absolute Gasteiger partial charge is 0.335 e. The van der Waals surface area contributed by atoms with Gasteiger partial charge in [0.2, 0.25) is 0 Å². The molecular formula is C12H13NO5. The van der Waals surface area contributed by atoms with E-state index in [9.17, 15) is 14.7 Å². The average Bonchev–Trinajstić information content (AvgIpc) is 2.60. The van der Waals surface area contributed by atoms with Crippen LogP contribution in [0.5, 0.6) is 11.5 Å². The Labute approximate surface area is 103 Å². The SMILES string of the molecule is CN1CCC(Oc2cc(O)cc(C(=O)O)c2)C1=O. The maximum Gasteiger partial charge on any atom is 0.335 e. The molecule has 0 aromatic heterocycles. The molecule has 1 heterocycles. The number of amides is 1. The van der Waals surface area contributed by atoms with E-state index in [0.717, 1.165) is 6.07 Å². The van der Waals surface area contributed by atoms with Gasteiger partial charge in [-0.3, -0.25) is 4.79 Å². The molecule has 0 saturated carbocycles. The first-order chi connectivity index (χ1) is 8.47. The molecule has 0 aliphatic carbocycles. The molecule has 1 atom stereocenters. The van der Waals surface area contributed by atoms with Crippen LogP contribution in [-0.2, 0) is 4.79 Å². The lowest BCUT2D eigenvalue weighted by Crippen LogP contribution is -2.29. The second kappa shape index (κ2) is 4.56. The zero-order chi connectivity index (χ0) is 13.3. The van der Waals surface area contributed by atoms with E-state index >= 15 is 0 Å². The van der Waals surface area contributed by atoms with Crippen LogP contribution in [0.3, 0.4) is 0 Å². The summed E-state index contributed by atoms with van der Waals surface area (Å²) in [6, 6.07) is 3.70. The molecular weight excluding hydrogens is 238 g/mol. The van der Waals surface area contributed by atoms with E-state index in [-0.39, 0.29) is 23.0 Å². The van der Waals surface area contributed by atoms with E-state index in [1.54, 1.807) is 11.9 Å². The number of hydrogen-bond acceptors (Lipinski definition) is 4. The Morgan fingerprint density at radius 3 is 2.72 bits per heavy atom. The number of nitrogens with zero attached hydrogens (tertiary/aromatic N) is 1. The molecule has 1 amide bonds. The van der Waals surface area contributed by atoms with Crippen LogP contribution in [0, 0.1) is 0 Å². The van der Waals surface area contributed by atoms with Crippen molar-refractivity contribution in [2.24, 2.45) is 0 Å². The summed E-state index contributed by atoms with van der Waals surface area (Å²) in [6.45, 7) is 0.605. The first kappa shape index (κ1) is 12.2. The van der Waals surface area contributed by atoms with Crippen LogP contribution in [0.15, 0.2) is 18.2 Å². The van der Waals surface area contributed by atoms with Crippen molar-refractivity contribution >= 4 is 11.9 Å². The highest BCUT2D eigenvalue weighted by Gasteiger charge is 2.31. The van der Waals surface area contributed by atoms with Gasteiger partial charge in [0.05, 0.1) is 5.56 Å². The Morgan fingerprint density at radius 2 is 2.17 bits per heavy atom. The molecule has 0 radical (unpaired) electrons. The predicted octanol–water partition coefficient (Wildman–Crippen LogP) is 0.700. The molecule has 1 unspecified atom stereocenters. The van der Waals surface area contributed by atoms with Crippen LogP contribution in [0.2, 0.25) is 0 Å². The standard InChI is InChI=1S/C12H13NO5/c1-13-3-2-10(11(13)15)18-9-5-7(12(16)17)4-8(14)6-9/h4-6,10,14H,2-3H2,1H3,(H,16,17). The van der Waals surface area contributed by atoms with Crippen LogP contribution >= 0.6 is 0 Å². The number of phenolic OH excluding ortho intramolecular Hbond substituents is 1. The molecule has 1 aliphatic rings. The summed E-state index contributed by atoms with van der Waals surface area (Å²) in [5.74, 6) is -1.33. The molecule has 96 valence electrons. The number of ether oxygens (including phenoxy) is 1. The van der Waals surface area contributed by atoms with E-state index < -0.39 is 12.1 Å². The number of likely N-dealkylation sites (tertiary alicyclic amines) is 1. The number of benzene rings is 1. The zero-order valence-electron chi connectivity index (χ0n) is 9.79. The van der Waals surface area contributed by atoms with Crippen LogP contribution in [0.4, 0.5) is 0 Å². The Morgan fingerprint density at radius 1 is 1.44 bits per heavy atom. The summed E-state index contributed by atoms with van der Waals surface area (Å²) >= 11 is 0. The Balaban J connectivity index is 2.19. The van der Waals surface area contributed by atoms with Gasteiger partial charge in [0.25, 0.3) is 5.91 Å². The minimum atomic E-state index is -1.16. The van der Waals surface area contributed by atoms with Crippen molar-refractivity contribution in [2.75, 3.05) is 13.6 Å². The van der Waals surface area contributed by atoms with Gasteiger partial charge in [-0.25, -0.2) is 4.79 Å². The molecule has 1 aromatic carbocycles. The van der Waals surface area contributed by atoms with E-state index in [1.165, 1.54) is 12.1 Å². The fraction of sp³-hybridized carbons (Fsp3) is 0.333. The lowest BCUT2D eigenvalue weighted by Gasteiger charge is -2.13. The van der Waals surface area contributed by atoms with Gasteiger partial charge in [-0.2, -0.15) is 0 Å². The van der Waals surface area contributed by atoms with Gasteiger partial charge in [0.1, 0.15) is 11.5 Å². The lowest BCUT2D eigenvalue weighted by atomic mass is 10.2. The third kappa shape index (κ3) is 2.37. The fourth-order valence-corrected chi connectivity index (χ4v) is 1.84. The van der Waals surface area contributed by atoms with Gasteiger partial charge >= 0.3 is 5.97 Å². The van der Waals surface area contributed by atoms with E-state index in [0.29, 0.717) is 13.0 Å². The summed E-state index contributed by atoms with van der Waals surface area (Å²) in [6.07, 6.45) is -0.0635. The summed E-state index contributed by atoms with van der Waals surface area (Å²) in [5, 5.41) is 18.2. The quantitative estimate of drug-likeness (QED) is 0.825. The third-order valence-electron chi connectivity index (χ3n) is 2.79. The normalized spacial score (nSPS) is 19.1. The number of carboxylic acid groups (broad SMARTS) is 1. The highest BCUT2D eigenvalue weighted by atomic mass is 16.5. The Bertz CT molecular complexity index is 499. The number of likely N-dealkylation sites (N-methyl/N-ethyl adjacent to an activating group) is 1. The largest absolute Gasteiger partial charge is 0.508 e. The molecule has 1 fully saturated rings. The molecule has 1 aromatic rings. The molecule has 2 N–H and O–H groups in total. The molecule has 6 heteroatoms. The van der Waals surface area contributed by atoms with Gasteiger partial charge in [0, 0.05) is 26.1 Å². The molecule has 18 heavy (non-hydrogen) atoms. The second-order valence-electron chi connectivity index (χ2n) is 4.18. The zero-order valence-corrected chi connectivity index (χ0v) is 9.79. The molecule has 2 rings (SSSR count). The lowest BCUT2D eigenvalue weighted by molar-refractivity contribution is -0.132. The summed E-state index contributed by atoms with van der Waals surface area (Å²) in [5.41, 5.74) is -0.0798. The van der Waals surface area contributed by atoms with Crippen molar-refractivity contribution in [3.63, 3.8) is 0 Å².